The molecule has 0 spiro atoms. The highest BCUT2D eigenvalue weighted by Gasteiger charge is 2.33. The van der Waals surface area contributed by atoms with E-state index in [2.05, 4.69) is 5.10 Å². The van der Waals surface area contributed by atoms with E-state index >= 15 is 0 Å². The summed E-state index contributed by atoms with van der Waals surface area (Å²) in [5.74, 6) is -1.84. The Balaban J connectivity index is 1.59. The van der Waals surface area contributed by atoms with Crippen LogP contribution in [0.1, 0.15) is 35.4 Å². The maximum atomic E-state index is 14.2. The summed E-state index contributed by atoms with van der Waals surface area (Å²) in [5, 5.41) is 4.37. The maximum Gasteiger partial charge on any atom is 0.227 e. The van der Waals surface area contributed by atoms with Gasteiger partial charge in [0.15, 0.2) is 5.82 Å². The highest BCUT2D eigenvalue weighted by molar-refractivity contribution is 5.80. The van der Waals surface area contributed by atoms with Gasteiger partial charge in [-0.3, -0.25) is 4.79 Å². The molecule has 0 aliphatic heterocycles. The molecule has 0 saturated heterocycles. The first kappa shape index (κ1) is 20.2. The fraction of sp³-hybridized carbons (Fsp3) is 0.304. The number of carbonyl (C=O) groups is 1. The topological polar surface area (TPSA) is 38.1 Å². The van der Waals surface area contributed by atoms with Gasteiger partial charge < -0.3 is 4.90 Å². The molecule has 7 heteroatoms. The second-order valence-corrected chi connectivity index (χ2v) is 7.68. The van der Waals surface area contributed by atoms with Crippen molar-refractivity contribution in [3.63, 3.8) is 0 Å². The number of amides is 1. The third kappa shape index (κ3) is 3.97. The van der Waals surface area contributed by atoms with Crippen molar-refractivity contribution in [1.82, 2.24) is 14.7 Å². The predicted octanol–water partition coefficient (Wildman–Crippen LogP) is 4.64. The molecule has 1 aliphatic rings. The average Bonchev–Trinajstić information content (AvgIpc) is 3.50. The van der Waals surface area contributed by atoms with E-state index in [0.717, 1.165) is 18.9 Å². The second-order valence-electron chi connectivity index (χ2n) is 7.68. The van der Waals surface area contributed by atoms with E-state index in [9.17, 15) is 18.0 Å². The summed E-state index contributed by atoms with van der Waals surface area (Å²) in [6.45, 7) is 3.73. The van der Waals surface area contributed by atoms with Gasteiger partial charge in [0.2, 0.25) is 5.91 Å². The fourth-order valence-electron chi connectivity index (χ4n) is 3.69. The first-order chi connectivity index (χ1) is 14.3. The van der Waals surface area contributed by atoms with Crippen molar-refractivity contribution in [1.29, 1.82) is 0 Å². The van der Waals surface area contributed by atoms with Crippen LogP contribution < -0.4 is 0 Å². The van der Waals surface area contributed by atoms with E-state index in [-0.39, 0.29) is 36.4 Å². The summed E-state index contributed by atoms with van der Waals surface area (Å²) in [6, 6.07) is 9.86. The van der Waals surface area contributed by atoms with Gasteiger partial charge in [-0.05, 0) is 44.9 Å². The molecule has 0 unspecified atom stereocenters. The van der Waals surface area contributed by atoms with E-state index in [1.807, 2.05) is 0 Å². The zero-order valence-electron chi connectivity index (χ0n) is 16.8. The van der Waals surface area contributed by atoms with E-state index in [4.69, 9.17) is 0 Å². The molecular formula is C23H22F3N3O. The van der Waals surface area contributed by atoms with Crippen LogP contribution in [0, 0.1) is 31.3 Å². The summed E-state index contributed by atoms with van der Waals surface area (Å²) < 4.78 is 43.0. The van der Waals surface area contributed by atoms with Crippen LogP contribution in [0.15, 0.2) is 42.5 Å². The Morgan fingerprint density at radius 2 is 1.83 bits per heavy atom. The van der Waals surface area contributed by atoms with Crippen LogP contribution in [0.3, 0.4) is 0 Å². The normalized spacial score (nSPS) is 13.5. The van der Waals surface area contributed by atoms with Gasteiger partial charge in [-0.25, -0.2) is 17.9 Å². The number of aryl methyl sites for hydroxylation is 1. The molecule has 1 aromatic heterocycles. The summed E-state index contributed by atoms with van der Waals surface area (Å²) in [5.41, 5.74) is 2.53. The van der Waals surface area contributed by atoms with Crippen molar-refractivity contribution in [3.8, 4) is 5.69 Å². The van der Waals surface area contributed by atoms with Crippen LogP contribution in [-0.4, -0.2) is 26.6 Å². The smallest absolute Gasteiger partial charge is 0.227 e. The molecule has 1 heterocycles. The van der Waals surface area contributed by atoms with Crippen LogP contribution in [0.5, 0.6) is 0 Å². The Bertz CT molecular complexity index is 1110. The number of carbonyl (C=O) groups excluding carboxylic acids is 1. The molecule has 0 bridgehead atoms. The first-order valence-corrected chi connectivity index (χ1v) is 9.88. The fourth-order valence-corrected chi connectivity index (χ4v) is 3.69. The minimum Gasteiger partial charge on any atom is -0.335 e. The van der Waals surface area contributed by atoms with Gasteiger partial charge in [-0.1, -0.05) is 18.2 Å². The van der Waals surface area contributed by atoms with Crippen LogP contribution in [0.25, 0.3) is 5.69 Å². The lowest BCUT2D eigenvalue weighted by Crippen LogP contribution is -2.34. The Kier molecular flexibility index (Phi) is 5.37. The van der Waals surface area contributed by atoms with Gasteiger partial charge >= 0.3 is 0 Å². The lowest BCUT2D eigenvalue weighted by atomic mass is 10.1. The Morgan fingerprint density at radius 1 is 1.10 bits per heavy atom. The number of hydrogen-bond acceptors (Lipinski definition) is 2. The average molecular weight is 413 g/mol. The standard InChI is InChI=1S/C23H22F3N3O/c1-14-19(15(2)29(27-14)22-10-7-17(24)11-21(22)26)12-23(30)28(18-8-9-18)13-16-5-3-4-6-20(16)25/h3-7,10-11,18H,8-9,12-13H2,1-2H3. The van der Waals surface area contributed by atoms with Gasteiger partial charge in [0.05, 0.1) is 12.1 Å². The maximum absolute atomic E-state index is 14.2. The van der Waals surface area contributed by atoms with Crippen molar-refractivity contribution in [2.75, 3.05) is 0 Å². The first-order valence-electron chi connectivity index (χ1n) is 9.88. The number of benzene rings is 2. The number of halogens is 3. The largest absolute Gasteiger partial charge is 0.335 e. The quantitative estimate of drug-likeness (QED) is 0.591. The van der Waals surface area contributed by atoms with Crippen LogP contribution in [0.4, 0.5) is 13.2 Å². The van der Waals surface area contributed by atoms with Crippen LogP contribution in [0.2, 0.25) is 0 Å². The van der Waals surface area contributed by atoms with Gasteiger partial charge in [-0.2, -0.15) is 5.10 Å². The van der Waals surface area contributed by atoms with Gasteiger partial charge in [0.25, 0.3) is 0 Å². The van der Waals surface area contributed by atoms with Gasteiger partial charge in [0, 0.05) is 35.5 Å². The summed E-state index contributed by atoms with van der Waals surface area (Å²) in [6.07, 6.45) is 1.89. The molecule has 30 heavy (non-hydrogen) atoms. The number of rotatable bonds is 6. The third-order valence-corrected chi connectivity index (χ3v) is 5.51. The molecule has 1 saturated carbocycles. The molecule has 4 rings (SSSR count). The predicted molar refractivity (Wildman–Crippen MR) is 107 cm³/mol. The molecule has 0 atom stereocenters. The van der Waals surface area contributed by atoms with Crippen molar-refractivity contribution in [3.05, 3.63) is 82.4 Å². The third-order valence-electron chi connectivity index (χ3n) is 5.51. The minimum absolute atomic E-state index is 0.0887. The monoisotopic (exact) mass is 413 g/mol. The molecule has 1 aliphatic carbocycles. The summed E-state index contributed by atoms with van der Waals surface area (Å²) in [4.78, 5) is 14.8. The minimum atomic E-state index is -0.724. The Labute approximate surface area is 172 Å². The lowest BCUT2D eigenvalue weighted by Gasteiger charge is -2.23. The molecule has 0 radical (unpaired) electrons. The van der Waals surface area contributed by atoms with Crippen molar-refractivity contribution in [2.24, 2.45) is 0 Å². The van der Waals surface area contributed by atoms with E-state index in [0.29, 0.717) is 22.5 Å². The Morgan fingerprint density at radius 3 is 2.50 bits per heavy atom. The summed E-state index contributed by atoms with van der Waals surface area (Å²) >= 11 is 0. The second kappa shape index (κ2) is 7.97. The summed E-state index contributed by atoms with van der Waals surface area (Å²) in [7, 11) is 0. The SMILES string of the molecule is Cc1nn(-c2ccc(F)cc2F)c(C)c1CC(=O)N(Cc1ccccc1F)C1CC1. The zero-order chi connectivity index (χ0) is 21.4. The number of aromatic nitrogens is 2. The number of hydrogen-bond donors (Lipinski definition) is 0. The van der Waals surface area contributed by atoms with Gasteiger partial charge in [0.1, 0.15) is 17.3 Å². The molecular weight excluding hydrogens is 391 g/mol. The number of nitrogens with zero attached hydrogens (tertiary/aromatic N) is 3. The van der Waals surface area contributed by atoms with E-state index < -0.39 is 11.6 Å². The van der Waals surface area contributed by atoms with Crippen molar-refractivity contribution in [2.45, 2.75) is 45.7 Å². The van der Waals surface area contributed by atoms with Crippen molar-refractivity contribution >= 4 is 5.91 Å². The van der Waals surface area contributed by atoms with Gasteiger partial charge in [-0.15, -0.1) is 0 Å². The molecule has 1 fully saturated rings. The van der Waals surface area contributed by atoms with Crippen molar-refractivity contribution < 1.29 is 18.0 Å². The highest BCUT2D eigenvalue weighted by Crippen LogP contribution is 2.30. The molecule has 0 N–H and O–H groups in total. The molecule has 2 aromatic carbocycles. The van der Waals surface area contributed by atoms with Crippen LogP contribution in [-0.2, 0) is 17.8 Å². The van der Waals surface area contributed by atoms with E-state index in [1.165, 1.54) is 22.9 Å². The molecule has 4 nitrogen and oxygen atoms in total. The molecule has 3 aromatic rings. The molecule has 156 valence electrons. The van der Waals surface area contributed by atoms with Crippen LogP contribution >= 0.6 is 0 Å². The molecule has 1 amide bonds. The zero-order valence-corrected chi connectivity index (χ0v) is 16.8. The Hall–Kier alpha value is -3.09. The lowest BCUT2D eigenvalue weighted by molar-refractivity contribution is -0.131. The van der Waals surface area contributed by atoms with E-state index in [1.54, 1.807) is 36.9 Å². The highest BCUT2D eigenvalue weighted by atomic mass is 19.1.